The normalized spacial score (nSPS) is 13.9. The van der Waals surface area contributed by atoms with E-state index in [1.165, 1.54) is 0 Å². The highest BCUT2D eigenvalue weighted by molar-refractivity contribution is 7.89. The van der Waals surface area contributed by atoms with Crippen LogP contribution in [0.25, 0.3) is 0 Å². The molecule has 17 heavy (non-hydrogen) atoms. The van der Waals surface area contributed by atoms with Crippen molar-refractivity contribution in [2.75, 3.05) is 0 Å². The van der Waals surface area contributed by atoms with Crippen molar-refractivity contribution in [3.8, 4) is 0 Å². The maximum Gasteiger partial charge on any atom is 0.240 e. The Morgan fingerprint density at radius 1 is 1.12 bits per heavy atom. The maximum absolute atomic E-state index is 12.0. The lowest BCUT2D eigenvalue weighted by Gasteiger charge is -2.16. The van der Waals surface area contributed by atoms with Crippen LogP contribution in [0.3, 0.4) is 0 Å². The first kappa shape index (κ1) is 14.2. The van der Waals surface area contributed by atoms with Crippen LogP contribution in [0.2, 0.25) is 0 Å². The van der Waals surface area contributed by atoms with Gasteiger partial charge in [0.15, 0.2) is 0 Å². The van der Waals surface area contributed by atoms with Crippen molar-refractivity contribution in [2.24, 2.45) is 5.92 Å². The molecule has 1 N–H and O–H groups in total. The van der Waals surface area contributed by atoms with E-state index in [1.807, 2.05) is 26.0 Å². The molecule has 96 valence electrons. The predicted octanol–water partition coefficient (Wildman–Crippen LogP) is 2.71. The molecule has 1 aromatic carbocycles. The number of rotatable bonds is 5. The van der Waals surface area contributed by atoms with Crippen molar-refractivity contribution in [1.29, 1.82) is 0 Å². The Kier molecular flexibility index (Phi) is 4.71. The molecule has 0 bridgehead atoms. The van der Waals surface area contributed by atoms with E-state index < -0.39 is 10.0 Å². The third kappa shape index (κ3) is 4.48. The minimum atomic E-state index is -3.37. The molecule has 0 saturated heterocycles. The summed E-state index contributed by atoms with van der Waals surface area (Å²) in [5, 5.41) is 0. The predicted molar refractivity (Wildman–Crippen MR) is 70.4 cm³/mol. The summed E-state index contributed by atoms with van der Waals surface area (Å²) in [7, 11) is -3.37. The first-order chi connectivity index (χ1) is 7.81. The molecule has 0 saturated carbocycles. The second-order valence-electron chi connectivity index (χ2n) is 4.96. The average molecular weight is 255 g/mol. The lowest BCUT2D eigenvalue weighted by atomic mass is 10.1. The van der Waals surface area contributed by atoms with Gasteiger partial charge in [0.2, 0.25) is 10.0 Å². The molecule has 1 aromatic rings. The molecule has 0 amide bonds. The molecule has 1 rings (SSSR count). The zero-order valence-corrected chi connectivity index (χ0v) is 11.7. The molecule has 3 nitrogen and oxygen atoms in total. The zero-order chi connectivity index (χ0) is 13.1. The number of nitrogens with one attached hydrogen (secondary N) is 1. The fourth-order valence-corrected chi connectivity index (χ4v) is 3.06. The average Bonchev–Trinajstić information content (AvgIpc) is 2.15. The van der Waals surface area contributed by atoms with E-state index in [-0.39, 0.29) is 6.04 Å². The van der Waals surface area contributed by atoms with Crippen molar-refractivity contribution < 1.29 is 8.42 Å². The van der Waals surface area contributed by atoms with Gasteiger partial charge in [-0.25, -0.2) is 13.1 Å². The van der Waals surface area contributed by atoms with Crippen molar-refractivity contribution in [2.45, 2.75) is 45.1 Å². The summed E-state index contributed by atoms with van der Waals surface area (Å²) in [4.78, 5) is 0.332. The largest absolute Gasteiger partial charge is 0.240 e. The van der Waals surface area contributed by atoms with Crippen LogP contribution in [0, 0.1) is 12.8 Å². The Balaban J connectivity index is 2.78. The number of sulfonamides is 1. The van der Waals surface area contributed by atoms with Gasteiger partial charge in [0, 0.05) is 6.04 Å². The lowest BCUT2D eigenvalue weighted by Crippen LogP contribution is -2.33. The van der Waals surface area contributed by atoms with E-state index >= 15 is 0 Å². The summed E-state index contributed by atoms with van der Waals surface area (Å²) in [6, 6.07) is 6.85. The van der Waals surface area contributed by atoms with Crippen LogP contribution in [0.5, 0.6) is 0 Å². The van der Waals surface area contributed by atoms with Crippen LogP contribution >= 0.6 is 0 Å². The van der Waals surface area contributed by atoms with Gasteiger partial charge in [-0.1, -0.05) is 31.5 Å². The minimum Gasteiger partial charge on any atom is -0.208 e. The van der Waals surface area contributed by atoms with Crippen LogP contribution in [0.15, 0.2) is 29.2 Å². The number of aryl methyl sites for hydroxylation is 1. The van der Waals surface area contributed by atoms with Gasteiger partial charge in [-0.05, 0) is 38.3 Å². The third-order valence-corrected chi connectivity index (χ3v) is 4.12. The van der Waals surface area contributed by atoms with Crippen LogP contribution in [-0.2, 0) is 10.0 Å². The van der Waals surface area contributed by atoms with Crippen molar-refractivity contribution in [3.05, 3.63) is 29.8 Å². The van der Waals surface area contributed by atoms with Crippen molar-refractivity contribution in [1.82, 2.24) is 4.72 Å². The summed E-state index contributed by atoms with van der Waals surface area (Å²) in [5.74, 6) is 0.478. The third-order valence-electron chi connectivity index (χ3n) is 2.51. The van der Waals surface area contributed by atoms with Crippen LogP contribution in [0.1, 0.15) is 32.8 Å². The van der Waals surface area contributed by atoms with Gasteiger partial charge in [0.1, 0.15) is 0 Å². The van der Waals surface area contributed by atoms with Gasteiger partial charge in [-0.2, -0.15) is 0 Å². The van der Waals surface area contributed by atoms with Gasteiger partial charge in [-0.3, -0.25) is 0 Å². The molecular formula is C13H21NO2S. The smallest absolute Gasteiger partial charge is 0.208 e. The Hall–Kier alpha value is -0.870. The summed E-state index contributed by atoms with van der Waals surface area (Å²) < 4.78 is 26.7. The number of hydrogen-bond donors (Lipinski definition) is 1. The van der Waals surface area contributed by atoms with Gasteiger partial charge < -0.3 is 0 Å². The molecule has 1 unspecified atom stereocenters. The lowest BCUT2D eigenvalue weighted by molar-refractivity contribution is 0.482. The number of hydrogen-bond acceptors (Lipinski definition) is 2. The van der Waals surface area contributed by atoms with Crippen molar-refractivity contribution >= 4 is 10.0 Å². The summed E-state index contributed by atoms with van der Waals surface area (Å²) in [6.45, 7) is 7.99. The molecule has 4 heteroatoms. The fourth-order valence-electron chi connectivity index (χ4n) is 1.81. The van der Waals surface area contributed by atoms with Gasteiger partial charge >= 0.3 is 0 Å². The number of benzene rings is 1. The fraction of sp³-hybridized carbons (Fsp3) is 0.538. The quantitative estimate of drug-likeness (QED) is 0.879. The van der Waals surface area contributed by atoms with E-state index in [0.717, 1.165) is 12.0 Å². The zero-order valence-electron chi connectivity index (χ0n) is 10.9. The Morgan fingerprint density at radius 3 is 2.12 bits per heavy atom. The second-order valence-corrected chi connectivity index (χ2v) is 6.68. The molecule has 1 atom stereocenters. The van der Waals surface area contributed by atoms with Crippen molar-refractivity contribution in [3.63, 3.8) is 0 Å². The Morgan fingerprint density at radius 2 is 1.65 bits per heavy atom. The van der Waals surface area contributed by atoms with Crippen LogP contribution in [0.4, 0.5) is 0 Å². The van der Waals surface area contributed by atoms with E-state index in [0.29, 0.717) is 10.8 Å². The summed E-state index contributed by atoms with van der Waals surface area (Å²) in [5.41, 5.74) is 1.05. The summed E-state index contributed by atoms with van der Waals surface area (Å²) in [6.07, 6.45) is 0.838. The summed E-state index contributed by atoms with van der Waals surface area (Å²) >= 11 is 0. The van der Waals surface area contributed by atoms with Gasteiger partial charge in [0.25, 0.3) is 0 Å². The standard InChI is InChI=1S/C13H21NO2S/c1-10(2)9-12(4)14-17(15,16)13-7-5-11(3)6-8-13/h5-8,10,12,14H,9H2,1-4H3. The molecule has 0 spiro atoms. The highest BCUT2D eigenvalue weighted by Gasteiger charge is 2.17. The Labute approximate surface area is 104 Å². The molecular weight excluding hydrogens is 234 g/mol. The minimum absolute atomic E-state index is 0.0405. The first-order valence-corrected chi connectivity index (χ1v) is 7.38. The van der Waals surface area contributed by atoms with E-state index in [4.69, 9.17) is 0 Å². The highest BCUT2D eigenvalue weighted by atomic mass is 32.2. The first-order valence-electron chi connectivity index (χ1n) is 5.90. The molecule has 0 aliphatic heterocycles. The Bertz CT molecular complexity index is 449. The molecule has 0 heterocycles. The highest BCUT2D eigenvalue weighted by Crippen LogP contribution is 2.12. The van der Waals surface area contributed by atoms with Crippen LogP contribution in [-0.4, -0.2) is 14.5 Å². The van der Waals surface area contributed by atoms with E-state index in [2.05, 4.69) is 18.6 Å². The molecule has 0 fully saturated rings. The topological polar surface area (TPSA) is 46.2 Å². The maximum atomic E-state index is 12.0. The van der Waals surface area contributed by atoms with Crippen LogP contribution < -0.4 is 4.72 Å². The molecule has 0 radical (unpaired) electrons. The SMILES string of the molecule is Cc1ccc(S(=O)(=O)NC(C)CC(C)C)cc1. The van der Waals surface area contributed by atoms with E-state index in [1.54, 1.807) is 12.1 Å². The second kappa shape index (κ2) is 5.65. The van der Waals surface area contributed by atoms with Gasteiger partial charge in [0.05, 0.1) is 4.90 Å². The molecule has 0 aliphatic rings. The monoisotopic (exact) mass is 255 g/mol. The molecule has 0 aliphatic carbocycles. The molecule has 0 aromatic heterocycles. The van der Waals surface area contributed by atoms with Gasteiger partial charge in [-0.15, -0.1) is 0 Å². The van der Waals surface area contributed by atoms with E-state index in [9.17, 15) is 8.42 Å².